The largest absolute Gasteiger partial charge is 0.444 e. The van der Waals surface area contributed by atoms with Gasteiger partial charge in [0.1, 0.15) is 12.6 Å². The second-order valence-electron chi connectivity index (χ2n) is 10.7. The van der Waals surface area contributed by atoms with E-state index in [-0.39, 0.29) is 36.5 Å². The Labute approximate surface area is 246 Å². The molecule has 0 fully saturated rings. The van der Waals surface area contributed by atoms with Crippen molar-refractivity contribution in [1.82, 2.24) is 30.8 Å². The van der Waals surface area contributed by atoms with Crippen LogP contribution in [-0.2, 0) is 22.7 Å². The lowest BCUT2D eigenvalue weighted by atomic mass is 9.99. The van der Waals surface area contributed by atoms with Crippen LogP contribution in [0.5, 0.6) is 0 Å². The number of nitrogens with one attached hydrogen (secondary N) is 3. The molecule has 0 saturated heterocycles. The zero-order chi connectivity index (χ0) is 29.7. The summed E-state index contributed by atoms with van der Waals surface area (Å²) in [7, 11) is 1.71. The summed E-state index contributed by atoms with van der Waals surface area (Å²) in [6, 6.07) is -1.12. The van der Waals surface area contributed by atoms with Gasteiger partial charge in [-0.15, -0.1) is 22.7 Å². The highest BCUT2D eigenvalue weighted by Gasteiger charge is 2.27. The molecule has 224 valence electrons. The monoisotopic (exact) mass is 594 g/mol. The van der Waals surface area contributed by atoms with Gasteiger partial charge in [-0.05, 0) is 31.6 Å². The molecule has 2 aromatic rings. The zero-order valence-electron chi connectivity index (χ0n) is 24.9. The number of amides is 4. The average Bonchev–Trinajstić information content (AvgIpc) is 3.60. The molecule has 2 rings (SSSR count). The van der Waals surface area contributed by atoms with E-state index in [1.807, 2.05) is 26.2 Å². The van der Waals surface area contributed by atoms with E-state index in [1.165, 1.54) is 11.3 Å². The first-order valence-corrected chi connectivity index (χ1v) is 15.9. The molecule has 2 aromatic heterocycles. The SMILES string of the molecule is CCC[C@@H](CC[C@H](CC)NC(=O)[C@@H](NC(=O)N(C)Cc1csc(C(C)C)n1)C(C)C)NC(=O)OCc1cncs1. The van der Waals surface area contributed by atoms with Crippen molar-refractivity contribution in [2.24, 2.45) is 5.92 Å². The molecule has 2 heterocycles. The summed E-state index contributed by atoms with van der Waals surface area (Å²) in [6.45, 7) is 12.7. The van der Waals surface area contributed by atoms with Crippen LogP contribution in [-0.4, -0.2) is 58.1 Å². The van der Waals surface area contributed by atoms with Crippen LogP contribution in [0.15, 0.2) is 17.1 Å². The van der Waals surface area contributed by atoms with E-state index in [9.17, 15) is 14.4 Å². The Morgan fingerprint density at radius 2 is 1.73 bits per heavy atom. The lowest BCUT2D eigenvalue weighted by molar-refractivity contribution is -0.124. The van der Waals surface area contributed by atoms with E-state index in [0.29, 0.717) is 25.3 Å². The molecule has 3 N–H and O–H groups in total. The summed E-state index contributed by atoms with van der Waals surface area (Å²) < 4.78 is 5.33. The first kappa shape index (κ1) is 33.5. The summed E-state index contributed by atoms with van der Waals surface area (Å²) in [5, 5.41) is 12.0. The van der Waals surface area contributed by atoms with E-state index < -0.39 is 12.1 Å². The van der Waals surface area contributed by atoms with Crippen LogP contribution in [0.1, 0.15) is 95.1 Å². The Hall–Kier alpha value is -2.73. The van der Waals surface area contributed by atoms with Crippen molar-refractivity contribution in [1.29, 1.82) is 0 Å². The second-order valence-corrected chi connectivity index (χ2v) is 12.6. The summed E-state index contributed by atoms with van der Waals surface area (Å²) in [4.78, 5) is 49.5. The van der Waals surface area contributed by atoms with E-state index >= 15 is 0 Å². The van der Waals surface area contributed by atoms with Gasteiger partial charge in [0.15, 0.2) is 0 Å². The molecule has 0 unspecified atom stereocenters. The molecule has 0 aliphatic heterocycles. The molecule has 4 amide bonds. The molecular formula is C28H46N6O4S2. The van der Waals surface area contributed by atoms with E-state index in [4.69, 9.17) is 4.74 Å². The summed E-state index contributed by atoms with van der Waals surface area (Å²) in [5.74, 6) is 0.0438. The van der Waals surface area contributed by atoms with Gasteiger partial charge >= 0.3 is 12.1 Å². The van der Waals surface area contributed by atoms with Crippen LogP contribution in [0.25, 0.3) is 0 Å². The molecule has 0 spiro atoms. The zero-order valence-corrected chi connectivity index (χ0v) is 26.5. The summed E-state index contributed by atoms with van der Waals surface area (Å²) >= 11 is 3.03. The van der Waals surface area contributed by atoms with Gasteiger partial charge < -0.3 is 25.6 Å². The smallest absolute Gasteiger partial charge is 0.407 e. The van der Waals surface area contributed by atoms with E-state index in [0.717, 1.165) is 34.8 Å². The first-order valence-electron chi connectivity index (χ1n) is 14.1. The van der Waals surface area contributed by atoms with Crippen molar-refractivity contribution in [3.8, 4) is 0 Å². The maximum Gasteiger partial charge on any atom is 0.407 e. The van der Waals surface area contributed by atoms with Crippen LogP contribution in [0, 0.1) is 5.92 Å². The molecule has 0 saturated carbocycles. The molecule has 40 heavy (non-hydrogen) atoms. The lowest BCUT2D eigenvalue weighted by Gasteiger charge is -2.28. The van der Waals surface area contributed by atoms with Gasteiger partial charge in [-0.1, -0.05) is 48.0 Å². The first-order chi connectivity index (χ1) is 19.0. The van der Waals surface area contributed by atoms with Gasteiger partial charge in [-0.3, -0.25) is 9.78 Å². The number of alkyl carbamates (subject to hydrolysis) is 1. The predicted molar refractivity (Wildman–Crippen MR) is 160 cm³/mol. The van der Waals surface area contributed by atoms with Crippen LogP contribution in [0.4, 0.5) is 9.59 Å². The number of thiazole rings is 2. The maximum atomic E-state index is 13.2. The van der Waals surface area contributed by atoms with Gasteiger partial charge in [0, 0.05) is 36.6 Å². The summed E-state index contributed by atoms with van der Waals surface area (Å²) in [6.07, 6.45) is 5.10. The van der Waals surface area contributed by atoms with Crippen molar-refractivity contribution >= 4 is 40.7 Å². The Balaban J connectivity index is 1.88. The number of nitrogens with zero attached hydrogens (tertiary/aromatic N) is 3. The minimum Gasteiger partial charge on any atom is -0.444 e. The van der Waals surface area contributed by atoms with E-state index in [2.05, 4.69) is 46.7 Å². The van der Waals surface area contributed by atoms with Crippen molar-refractivity contribution in [2.45, 2.75) is 111 Å². The van der Waals surface area contributed by atoms with Gasteiger partial charge in [-0.2, -0.15) is 0 Å². The number of hydrogen-bond donors (Lipinski definition) is 3. The third-order valence-corrected chi connectivity index (χ3v) is 8.48. The molecule has 10 nitrogen and oxygen atoms in total. The number of carbonyl (C=O) groups excluding carboxylic acids is 3. The highest BCUT2D eigenvalue weighted by molar-refractivity contribution is 7.09. The quantitative estimate of drug-likeness (QED) is 0.230. The van der Waals surface area contributed by atoms with Crippen molar-refractivity contribution in [3.63, 3.8) is 0 Å². The van der Waals surface area contributed by atoms with Gasteiger partial charge in [0.2, 0.25) is 5.91 Å². The topological polar surface area (TPSA) is 126 Å². The van der Waals surface area contributed by atoms with Crippen molar-refractivity contribution < 1.29 is 19.1 Å². The molecule has 0 aromatic carbocycles. The van der Waals surface area contributed by atoms with Crippen LogP contribution in [0.3, 0.4) is 0 Å². The molecular weight excluding hydrogens is 548 g/mol. The molecule has 12 heteroatoms. The third-order valence-electron chi connectivity index (χ3n) is 6.53. The second kappa shape index (κ2) is 17.2. The summed E-state index contributed by atoms with van der Waals surface area (Å²) in [5.41, 5.74) is 2.54. The molecule has 0 aliphatic rings. The molecule has 0 bridgehead atoms. The van der Waals surface area contributed by atoms with Crippen LogP contribution < -0.4 is 16.0 Å². The Morgan fingerprint density at radius 3 is 2.30 bits per heavy atom. The Bertz CT molecular complexity index is 1040. The van der Waals surface area contributed by atoms with E-state index in [1.54, 1.807) is 35.0 Å². The number of hydrogen-bond acceptors (Lipinski definition) is 8. The number of ether oxygens (including phenoxy) is 1. The van der Waals surface area contributed by atoms with Crippen molar-refractivity contribution in [3.05, 3.63) is 32.7 Å². The number of aromatic nitrogens is 2. The maximum absolute atomic E-state index is 13.2. The highest BCUT2D eigenvalue weighted by Crippen LogP contribution is 2.20. The fraction of sp³-hybridized carbons (Fsp3) is 0.679. The normalized spacial score (nSPS) is 13.5. The van der Waals surface area contributed by atoms with Gasteiger partial charge in [0.05, 0.1) is 27.6 Å². The standard InChI is InChI=1S/C28H46N6O4S2/c1-8-10-21(32-28(37)38-15-23-13-29-17-40-23)12-11-20(9-2)30-25(35)24(18(3)4)33-27(36)34(7)14-22-16-39-26(31-22)19(5)6/h13,16-21,24H,8-12,14-15H2,1-7H3,(H,30,35)(H,32,37)(H,33,36)/t20-,21-,24-/m0/s1. The predicted octanol–water partition coefficient (Wildman–Crippen LogP) is 5.66. The van der Waals surface area contributed by atoms with Gasteiger partial charge in [-0.25, -0.2) is 14.6 Å². The Morgan fingerprint density at radius 1 is 1.00 bits per heavy atom. The lowest BCUT2D eigenvalue weighted by Crippen LogP contribution is -2.54. The number of rotatable bonds is 16. The third kappa shape index (κ3) is 11.4. The number of urea groups is 1. The minimum absolute atomic E-state index is 0.0545. The number of carbonyl (C=O) groups is 3. The average molecular weight is 595 g/mol. The van der Waals surface area contributed by atoms with Gasteiger partial charge in [0.25, 0.3) is 0 Å². The fourth-order valence-electron chi connectivity index (χ4n) is 4.12. The van der Waals surface area contributed by atoms with Crippen LogP contribution in [0.2, 0.25) is 0 Å². The fourth-order valence-corrected chi connectivity index (χ4v) is 5.45. The van der Waals surface area contributed by atoms with Crippen LogP contribution >= 0.6 is 22.7 Å². The Kier molecular flexibility index (Phi) is 14.4. The highest BCUT2D eigenvalue weighted by atomic mass is 32.1. The molecule has 3 atom stereocenters. The molecule has 0 radical (unpaired) electrons. The molecule has 0 aliphatic carbocycles. The van der Waals surface area contributed by atoms with Crippen molar-refractivity contribution in [2.75, 3.05) is 7.05 Å². The minimum atomic E-state index is -0.669.